The fourth-order valence-electron chi connectivity index (χ4n) is 5.19. The first-order valence-electron chi connectivity index (χ1n) is 9.89. The predicted octanol–water partition coefficient (Wildman–Crippen LogP) is 3.47. The molecule has 2 aromatic rings. The van der Waals surface area contributed by atoms with E-state index in [4.69, 9.17) is 11.6 Å². The molecule has 1 aromatic carbocycles. The van der Waals surface area contributed by atoms with Crippen LogP contribution in [0.1, 0.15) is 44.1 Å². The van der Waals surface area contributed by atoms with E-state index in [0.29, 0.717) is 5.02 Å². The lowest BCUT2D eigenvalue weighted by Gasteiger charge is -2.41. The van der Waals surface area contributed by atoms with Crippen LogP contribution in [0.3, 0.4) is 0 Å². The average molecular weight is 401 g/mol. The summed E-state index contributed by atoms with van der Waals surface area (Å²) in [5, 5.41) is 13.5. The summed E-state index contributed by atoms with van der Waals surface area (Å²) in [7, 11) is 0. The second-order valence-corrected chi connectivity index (χ2v) is 8.44. The van der Waals surface area contributed by atoms with Crippen LogP contribution in [0.15, 0.2) is 41.3 Å². The van der Waals surface area contributed by atoms with Gasteiger partial charge >= 0.3 is 0 Å². The zero-order valence-electron chi connectivity index (χ0n) is 15.9. The van der Waals surface area contributed by atoms with Crippen molar-refractivity contribution in [1.82, 2.24) is 10.3 Å². The Kier molecular flexibility index (Phi) is 5.06. The van der Waals surface area contributed by atoms with E-state index in [9.17, 15) is 14.7 Å². The third kappa shape index (κ3) is 3.07. The van der Waals surface area contributed by atoms with Crippen molar-refractivity contribution in [2.45, 2.75) is 44.6 Å². The molecule has 0 spiro atoms. The molecule has 3 N–H and O–H groups in total. The summed E-state index contributed by atoms with van der Waals surface area (Å²) < 4.78 is 0. The zero-order chi connectivity index (χ0) is 19.9. The molecule has 1 unspecified atom stereocenters. The number of carbonyl (C=O) groups excluding carboxylic acids is 1. The number of halogens is 1. The van der Waals surface area contributed by atoms with Crippen LogP contribution in [-0.4, -0.2) is 28.6 Å². The van der Waals surface area contributed by atoms with Crippen LogP contribution in [-0.2, 0) is 4.79 Å². The number of amides is 1. The van der Waals surface area contributed by atoms with E-state index in [1.165, 1.54) is 6.07 Å². The van der Waals surface area contributed by atoms with Gasteiger partial charge in [-0.1, -0.05) is 30.7 Å². The lowest BCUT2D eigenvalue weighted by Crippen LogP contribution is -2.40. The molecule has 0 bridgehead atoms. The van der Waals surface area contributed by atoms with Gasteiger partial charge in [0.05, 0.1) is 18.1 Å². The number of rotatable bonds is 4. The van der Waals surface area contributed by atoms with E-state index >= 15 is 0 Å². The van der Waals surface area contributed by atoms with Crippen molar-refractivity contribution >= 4 is 17.5 Å². The number of aliphatic hydroxyl groups is 1. The topological polar surface area (TPSA) is 82.2 Å². The Labute approximate surface area is 169 Å². The van der Waals surface area contributed by atoms with Crippen LogP contribution in [0.25, 0.3) is 11.1 Å². The quantitative estimate of drug-likeness (QED) is 0.734. The molecule has 2 fully saturated rings. The van der Waals surface area contributed by atoms with E-state index in [1.807, 2.05) is 12.1 Å². The maximum Gasteiger partial charge on any atom is 0.247 e. The van der Waals surface area contributed by atoms with E-state index in [1.54, 1.807) is 12.3 Å². The molecular weight excluding hydrogens is 376 g/mol. The smallest absolute Gasteiger partial charge is 0.247 e. The molecule has 28 heavy (non-hydrogen) atoms. The summed E-state index contributed by atoms with van der Waals surface area (Å²) in [6, 6.07) is 9.13. The van der Waals surface area contributed by atoms with Gasteiger partial charge in [0.2, 0.25) is 11.5 Å². The highest BCUT2D eigenvalue weighted by Gasteiger charge is 2.55. The lowest BCUT2D eigenvalue weighted by molar-refractivity contribution is -0.130. The molecule has 0 radical (unpaired) electrons. The van der Waals surface area contributed by atoms with Gasteiger partial charge in [0.15, 0.2) is 0 Å². The number of pyridine rings is 1. The Balaban J connectivity index is 1.61. The maximum atomic E-state index is 12.6. The number of H-pyrrole nitrogens is 1. The summed E-state index contributed by atoms with van der Waals surface area (Å²) in [5.41, 5.74) is 2.47. The fourth-order valence-corrected chi connectivity index (χ4v) is 5.53. The molecule has 1 saturated heterocycles. The molecule has 2 aliphatic rings. The minimum absolute atomic E-state index is 0.0241. The second-order valence-electron chi connectivity index (χ2n) is 8.03. The molecule has 1 aliphatic carbocycles. The van der Waals surface area contributed by atoms with Gasteiger partial charge in [0, 0.05) is 17.3 Å². The average Bonchev–Trinajstić information content (AvgIpc) is 3.00. The van der Waals surface area contributed by atoms with Crippen molar-refractivity contribution in [1.29, 1.82) is 0 Å². The monoisotopic (exact) mass is 400 g/mol. The highest BCUT2D eigenvalue weighted by Crippen LogP contribution is 2.54. The van der Waals surface area contributed by atoms with Crippen molar-refractivity contribution < 1.29 is 9.90 Å². The van der Waals surface area contributed by atoms with Crippen LogP contribution < -0.4 is 10.9 Å². The van der Waals surface area contributed by atoms with Gasteiger partial charge in [-0.15, -0.1) is 0 Å². The van der Waals surface area contributed by atoms with Gasteiger partial charge in [-0.3, -0.25) is 9.59 Å². The van der Waals surface area contributed by atoms with Crippen molar-refractivity contribution in [3.05, 3.63) is 57.5 Å². The van der Waals surface area contributed by atoms with E-state index in [-0.39, 0.29) is 41.4 Å². The number of aromatic amines is 1. The van der Waals surface area contributed by atoms with Gasteiger partial charge in [0.25, 0.3) is 0 Å². The number of aromatic nitrogens is 1. The zero-order valence-corrected chi connectivity index (χ0v) is 16.6. The van der Waals surface area contributed by atoms with E-state index in [2.05, 4.69) is 23.3 Å². The van der Waals surface area contributed by atoms with Crippen LogP contribution in [0.2, 0.25) is 5.02 Å². The van der Waals surface area contributed by atoms with Crippen molar-refractivity contribution in [3.8, 4) is 11.1 Å². The molecule has 1 saturated carbocycles. The molecule has 148 valence electrons. The van der Waals surface area contributed by atoms with E-state index < -0.39 is 0 Å². The molecule has 1 amide bonds. The first-order chi connectivity index (χ1) is 13.5. The third-order valence-corrected chi connectivity index (χ3v) is 7.15. The minimum Gasteiger partial charge on any atom is -0.394 e. The first kappa shape index (κ1) is 19.2. The molecule has 5 nitrogen and oxygen atoms in total. The van der Waals surface area contributed by atoms with E-state index in [0.717, 1.165) is 42.4 Å². The summed E-state index contributed by atoms with van der Waals surface area (Å²) in [6.45, 7) is 2.04. The SMILES string of the molecule is CC[C@@]12CC[C@@H](c3ccc(-c4ccc(=O)[nH]c4)cc3Cl)C[C@@H]1C(CO)NC2=O. The molecule has 1 aliphatic heterocycles. The summed E-state index contributed by atoms with van der Waals surface area (Å²) in [6.07, 6.45) is 5.06. The van der Waals surface area contributed by atoms with Crippen molar-refractivity contribution in [2.75, 3.05) is 6.61 Å². The van der Waals surface area contributed by atoms with Gasteiger partial charge < -0.3 is 15.4 Å². The van der Waals surface area contributed by atoms with Gasteiger partial charge in [-0.2, -0.15) is 0 Å². The second kappa shape index (κ2) is 7.37. The Hall–Kier alpha value is -2.11. The Morgan fingerprint density at radius 2 is 2.00 bits per heavy atom. The third-order valence-electron chi connectivity index (χ3n) is 6.83. The number of hydrogen-bond donors (Lipinski definition) is 3. The highest BCUT2D eigenvalue weighted by molar-refractivity contribution is 6.31. The maximum absolute atomic E-state index is 12.6. The highest BCUT2D eigenvalue weighted by atomic mass is 35.5. The number of benzene rings is 1. The number of hydrogen-bond acceptors (Lipinski definition) is 3. The molecule has 4 rings (SSSR count). The molecule has 2 heterocycles. The number of carbonyl (C=O) groups is 1. The number of aliphatic hydroxyl groups excluding tert-OH is 1. The molecule has 4 atom stereocenters. The summed E-state index contributed by atoms with van der Waals surface area (Å²) in [4.78, 5) is 26.5. The molecule has 6 heteroatoms. The van der Waals surface area contributed by atoms with Crippen LogP contribution in [0.4, 0.5) is 0 Å². The Morgan fingerprint density at radius 1 is 1.21 bits per heavy atom. The number of fused-ring (bicyclic) bond motifs is 1. The fraction of sp³-hybridized carbons (Fsp3) is 0.455. The molecule has 1 aromatic heterocycles. The normalized spacial score (nSPS) is 29.4. The van der Waals surface area contributed by atoms with Gasteiger partial charge in [0.1, 0.15) is 0 Å². The van der Waals surface area contributed by atoms with Gasteiger partial charge in [-0.25, -0.2) is 0 Å². The van der Waals surface area contributed by atoms with Crippen LogP contribution >= 0.6 is 11.6 Å². The standard InChI is InChI=1S/C22H25ClN2O3/c1-2-22-8-7-14(9-17(22)19(12-26)25-21(22)28)16-5-3-13(10-18(16)23)15-4-6-20(27)24-11-15/h3-6,10-11,14,17,19,26H,2,7-9,12H2,1H3,(H,24,27)(H,25,28)/t14-,17-,19?,22-/m1/s1. The summed E-state index contributed by atoms with van der Waals surface area (Å²) in [5.74, 6) is 0.490. The largest absolute Gasteiger partial charge is 0.394 e. The summed E-state index contributed by atoms with van der Waals surface area (Å²) >= 11 is 6.65. The van der Waals surface area contributed by atoms with Crippen LogP contribution in [0.5, 0.6) is 0 Å². The van der Waals surface area contributed by atoms with Crippen molar-refractivity contribution in [2.24, 2.45) is 11.3 Å². The Bertz CT molecular complexity index is 937. The predicted molar refractivity (Wildman–Crippen MR) is 109 cm³/mol. The van der Waals surface area contributed by atoms with Crippen molar-refractivity contribution in [3.63, 3.8) is 0 Å². The number of nitrogens with one attached hydrogen (secondary N) is 2. The Morgan fingerprint density at radius 3 is 2.64 bits per heavy atom. The first-order valence-corrected chi connectivity index (χ1v) is 10.3. The molecular formula is C22H25ClN2O3. The minimum atomic E-state index is -0.355. The van der Waals surface area contributed by atoms with Gasteiger partial charge in [-0.05, 0) is 66.3 Å². The van der Waals surface area contributed by atoms with Crippen LogP contribution in [0, 0.1) is 11.3 Å². The lowest BCUT2D eigenvalue weighted by atomic mass is 9.61.